The molecule has 20 heavy (non-hydrogen) atoms. The summed E-state index contributed by atoms with van der Waals surface area (Å²) in [6, 6.07) is 12.0. The Morgan fingerprint density at radius 3 is 2.30 bits per heavy atom. The van der Waals surface area contributed by atoms with Crippen molar-refractivity contribution in [1.82, 2.24) is 0 Å². The van der Waals surface area contributed by atoms with E-state index in [0.29, 0.717) is 0 Å². The predicted molar refractivity (Wildman–Crippen MR) is 78.0 cm³/mol. The average Bonchev–Trinajstić information content (AvgIpc) is 2.75. The molecule has 1 fully saturated rings. The molecule has 0 bridgehead atoms. The van der Waals surface area contributed by atoms with E-state index in [1.165, 1.54) is 0 Å². The summed E-state index contributed by atoms with van der Waals surface area (Å²) in [7, 11) is 1.58. The predicted octanol–water partition coefficient (Wildman–Crippen LogP) is 3.38. The molecule has 1 aromatic rings. The van der Waals surface area contributed by atoms with Crippen molar-refractivity contribution in [3.63, 3.8) is 0 Å². The summed E-state index contributed by atoms with van der Waals surface area (Å²) in [5.74, 6) is 0. The lowest BCUT2D eigenvalue weighted by Crippen LogP contribution is -2.48. The number of aliphatic hydroxyl groups is 1. The Morgan fingerprint density at radius 2 is 1.80 bits per heavy atom. The molecule has 1 unspecified atom stereocenters. The summed E-state index contributed by atoms with van der Waals surface area (Å²) in [6.45, 7) is 0.157. The third kappa shape index (κ3) is 2.59. The molecule has 1 aromatic carbocycles. The van der Waals surface area contributed by atoms with Crippen molar-refractivity contribution in [2.75, 3.05) is 13.7 Å². The number of rotatable bonds is 4. The van der Waals surface area contributed by atoms with E-state index in [2.05, 4.69) is 6.07 Å². The molecule has 1 N–H and O–H groups in total. The van der Waals surface area contributed by atoms with Crippen LogP contribution in [0.1, 0.15) is 44.1 Å². The molecule has 1 saturated carbocycles. The second-order valence-electron chi connectivity index (χ2n) is 5.77. The van der Waals surface area contributed by atoms with Gasteiger partial charge in [-0.3, -0.25) is 0 Å². The van der Waals surface area contributed by atoms with Crippen LogP contribution in [-0.2, 0) is 10.3 Å². The zero-order chi connectivity index (χ0) is 14.5. The minimum atomic E-state index is -1.23. The van der Waals surface area contributed by atoms with E-state index >= 15 is 0 Å². The van der Waals surface area contributed by atoms with Gasteiger partial charge in [-0.1, -0.05) is 56.0 Å². The van der Waals surface area contributed by atoms with Crippen molar-refractivity contribution in [3.8, 4) is 6.07 Å². The molecule has 1 atom stereocenters. The van der Waals surface area contributed by atoms with Gasteiger partial charge in [-0.05, 0) is 18.4 Å². The van der Waals surface area contributed by atoms with Crippen LogP contribution in [0.3, 0.4) is 0 Å². The summed E-state index contributed by atoms with van der Waals surface area (Å²) < 4.78 is 5.28. The molecular weight excluding hydrogens is 250 g/mol. The molecule has 0 saturated heterocycles. The standard InChI is InChI=1S/C17H23NO2/c1-20-14-17(19,15-9-5-4-6-10-15)16(13-18)11-7-2-3-8-12-16/h4-6,9-10,19H,2-3,7-8,11-12,14H2,1H3. The van der Waals surface area contributed by atoms with Crippen LogP contribution >= 0.6 is 0 Å². The lowest BCUT2D eigenvalue weighted by Gasteiger charge is -2.42. The van der Waals surface area contributed by atoms with E-state index in [1.54, 1.807) is 7.11 Å². The van der Waals surface area contributed by atoms with Crippen LogP contribution < -0.4 is 0 Å². The number of hydrogen-bond donors (Lipinski definition) is 1. The fourth-order valence-corrected chi connectivity index (χ4v) is 3.37. The fourth-order valence-electron chi connectivity index (χ4n) is 3.37. The molecule has 1 aliphatic carbocycles. The molecule has 0 radical (unpaired) electrons. The van der Waals surface area contributed by atoms with Crippen molar-refractivity contribution < 1.29 is 9.84 Å². The zero-order valence-electron chi connectivity index (χ0n) is 12.1. The smallest absolute Gasteiger partial charge is 0.131 e. The Hall–Kier alpha value is -1.37. The molecule has 2 rings (SSSR count). The lowest BCUT2D eigenvalue weighted by molar-refractivity contribution is -0.115. The van der Waals surface area contributed by atoms with Gasteiger partial charge in [0.25, 0.3) is 0 Å². The largest absolute Gasteiger partial charge is 0.381 e. The maximum absolute atomic E-state index is 11.3. The number of hydrogen-bond acceptors (Lipinski definition) is 3. The second-order valence-corrected chi connectivity index (χ2v) is 5.77. The van der Waals surface area contributed by atoms with Gasteiger partial charge in [-0.15, -0.1) is 0 Å². The van der Waals surface area contributed by atoms with Gasteiger partial charge < -0.3 is 9.84 Å². The van der Waals surface area contributed by atoms with E-state index in [0.717, 1.165) is 44.1 Å². The first-order valence-corrected chi connectivity index (χ1v) is 7.37. The van der Waals surface area contributed by atoms with Crippen LogP contribution in [-0.4, -0.2) is 18.8 Å². The third-order valence-electron chi connectivity index (χ3n) is 4.57. The number of methoxy groups -OCH3 is 1. The number of ether oxygens (including phenoxy) is 1. The van der Waals surface area contributed by atoms with E-state index in [-0.39, 0.29) is 6.61 Å². The van der Waals surface area contributed by atoms with Gasteiger partial charge in [0.05, 0.1) is 18.1 Å². The van der Waals surface area contributed by atoms with Gasteiger partial charge in [-0.25, -0.2) is 0 Å². The van der Waals surface area contributed by atoms with Gasteiger partial charge >= 0.3 is 0 Å². The van der Waals surface area contributed by atoms with Crippen molar-refractivity contribution in [3.05, 3.63) is 35.9 Å². The molecule has 108 valence electrons. The quantitative estimate of drug-likeness (QED) is 0.856. The highest BCUT2D eigenvalue weighted by molar-refractivity contribution is 5.29. The number of nitriles is 1. The van der Waals surface area contributed by atoms with Crippen LogP contribution in [0.4, 0.5) is 0 Å². The molecule has 0 spiro atoms. The summed E-state index contributed by atoms with van der Waals surface area (Å²) in [5.41, 5.74) is -1.20. The van der Waals surface area contributed by atoms with Gasteiger partial charge in [0.1, 0.15) is 5.60 Å². The average molecular weight is 273 g/mol. The second kappa shape index (κ2) is 6.39. The molecule has 3 heteroatoms. The third-order valence-corrected chi connectivity index (χ3v) is 4.57. The maximum atomic E-state index is 11.3. The summed E-state index contributed by atoms with van der Waals surface area (Å²) in [4.78, 5) is 0. The Balaban J connectivity index is 2.47. The van der Waals surface area contributed by atoms with Crippen LogP contribution in [0.15, 0.2) is 30.3 Å². The Morgan fingerprint density at radius 1 is 1.20 bits per heavy atom. The van der Waals surface area contributed by atoms with Gasteiger partial charge in [0.15, 0.2) is 0 Å². The van der Waals surface area contributed by atoms with Crippen molar-refractivity contribution >= 4 is 0 Å². The first kappa shape index (κ1) is 15.0. The monoisotopic (exact) mass is 273 g/mol. The normalized spacial score (nSPS) is 21.4. The molecular formula is C17H23NO2. The van der Waals surface area contributed by atoms with Crippen molar-refractivity contribution in [2.45, 2.75) is 44.1 Å². The lowest BCUT2D eigenvalue weighted by atomic mass is 9.65. The highest BCUT2D eigenvalue weighted by Crippen LogP contribution is 2.48. The van der Waals surface area contributed by atoms with E-state index in [9.17, 15) is 10.4 Å². The van der Waals surface area contributed by atoms with Crippen LogP contribution in [0.2, 0.25) is 0 Å². The van der Waals surface area contributed by atoms with E-state index < -0.39 is 11.0 Å². The molecule has 0 aliphatic heterocycles. The molecule has 3 nitrogen and oxygen atoms in total. The van der Waals surface area contributed by atoms with Gasteiger partial charge in [0, 0.05) is 7.11 Å². The topological polar surface area (TPSA) is 53.2 Å². The minimum Gasteiger partial charge on any atom is -0.381 e. The SMILES string of the molecule is COCC(O)(c1ccccc1)C1(C#N)CCCCCC1. The molecule has 0 heterocycles. The minimum absolute atomic E-state index is 0.157. The maximum Gasteiger partial charge on any atom is 0.131 e. The summed E-state index contributed by atoms with van der Waals surface area (Å²) in [6.07, 6.45) is 5.73. The summed E-state index contributed by atoms with van der Waals surface area (Å²) in [5, 5.41) is 21.2. The summed E-state index contributed by atoms with van der Waals surface area (Å²) >= 11 is 0. The first-order chi connectivity index (χ1) is 9.68. The molecule has 0 aromatic heterocycles. The van der Waals surface area contributed by atoms with E-state index in [4.69, 9.17) is 4.74 Å². The highest BCUT2D eigenvalue weighted by Gasteiger charge is 2.51. The van der Waals surface area contributed by atoms with Gasteiger partial charge in [0.2, 0.25) is 0 Å². The van der Waals surface area contributed by atoms with Crippen LogP contribution in [0, 0.1) is 16.7 Å². The Kier molecular flexibility index (Phi) is 4.80. The Bertz CT molecular complexity index is 458. The molecule has 0 amide bonds. The zero-order valence-corrected chi connectivity index (χ0v) is 12.1. The number of nitrogens with zero attached hydrogens (tertiary/aromatic N) is 1. The highest BCUT2D eigenvalue weighted by atomic mass is 16.5. The van der Waals surface area contributed by atoms with Gasteiger partial charge in [-0.2, -0.15) is 5.26 Å². The Labute approximate surface area is 121 Å². The fraction of sp³-hybridized carbons (Fsp3) is 0.588. The van der Waals surface area contributed by atoms with Crippen LogP contribution in [0.25, 0.3) is 0 Å². The number of benzene rings is 1. The molecule has 1 aliphatic rings. The first-order valence-electron chi connectivity index (χ1n) is 7.37. The van der Waals surface area contributed by atoms with Crippen molar-refractivity contribution in [2.24, 2.45) is 5.41 Å². The van der Waals surface area contributed by atoms with E-state index in [1.807, 2.05) is 30.3 Å². The van der Waals surface area contributed by atoms with Crippen LogP contribution in [0.5, 0.6) is 0 Å². The van der Waals surface area contributed by atoms with Crippen molar-refractivity contribution in [1.29, 1.82) is 5.26 Å².